The molecule has 2 aromatic carbocycles. The number of carboxylic acids is 1. The summed E-state index contributed by atoms with van der Waals surface area (Å²) in [4.78, 5) is 35.2. The Morgan fingerprint density at radius 3 is 2.31 bits per heavy atom. The van der Waals surface area contributed by atoms with Gasteiger partial charge in [0.25, 0.3) is 5.91 Å². The maximum absolute atomic E-state index is 12.2. The molecule has 0 spiro atoms. The maximum atomic E-state index is 12.2. The van der Waals surface area contributed by atoms with E-state index in [1.165, 1.54) is 6.07 Å². The first-order valence-corrected chi connectivity index (χ1v) is 7.77. The second kappa shape index (κ2) is 9.19. The summed E-state index contributed by atoms with van der Waals surface area (Å²) in [5.74, 6) is -2.49. The van der Waals surface area contributed by atoms with Crippen LogP contribution in [-0.4, -0.2) is 41.1 Å². The van der Waals surface area contributed by atoms with Crippen molar-refractivity contribution in [2.45, 2.75) is 6.61 Å². The number of ether oxygens (including phenoxy) is 1. The van der Waals surface area contributed by atoms with E-state index in [1.54, 1.807) is 30.3 Å². The van der Waals surface area contributed by atoms with Crippen molar-refractivity contribution < 1.29 is 24.2 Å². The predicted octanol–water partition coefficient (Wildman–Crippen LogP) is 1.04. The normalized spacial score (nSPS) is 10.3. The third-order valence-electron chi connectivity index (χ3n) is 3.35. The number of nitrogens with zero attached hydrogens (tertiary/aromatic N) is 1. The lowest BCUT2D eigenvalue weighted by Gasteiger charge is -2.20. The lowest BCUT2D eigenvalue weighted by molar-refractivity contribution is -0.148. The smallest absolute Gasteiger partial charge is 0.322 e. The molecule has 26 heavy (non-hydrogen) atoms. The van der Waals surface area contributed by atoms with Crippen molar-refractivity contribution in [1.82, 2.24) is 10.4 Å². The number of carbonyl (C=O) groups is 3. The van der Waals surface area contributed by atoms with E-state index < -0.39 is 30.9 Å². The molecule has 0 aromatic heterocycles. The average molecular weight is 357 g/mol. The number of rotatable bonds is 8. The van der Waals surface area contributed by atoms with Gasteiger partial charge in [-0.05, 0) is 17.7 Å². The molecule has 0 aliphatic heterocycles. The molecular formula is C18H19N3O5. The van der Waals surface area contributed by atoms with E-state index in [0.717, 1.165) is 10.6 Å². The van der Waals surface area contributed by atoms with Crippen molar-refractivity contribution >= 4 is 23.5 Å². The molecule has 4 N–H and O–H groups in total. The molecule has 2 aromatic rings. The van der Waals surface area contributed by atoms with Gasteiger partial charge in [0.1, 0.15) is 19.7 Å². The Kier molecular flexibility index (Phi) is 6.69. The van der Waals surface area contributed by atoms with Crippen LogP contribution in [0.1, 0.15) is 15.9 Å². The Morgan fingerprint density at radius 2 is 1.65 bits per heavy atom. The number of benzene rings is 2. The predicted molar refractivity (Wildman–Crippen MR) is 93.8 cm³/mol. The molecule has 0 heterocycles. The van der Waals surface area contributed by atoms with Crippen LogP contribution in [-0.2, 0) is 20.9 Å². The fourth-order valence-corrected chi connectivity index (χ4v) is 2.15. The van der Waals surface area contributed by atoms with Crippen LogP contribution in [0.15, 0.2) is 54.6 Å². The van der Waals surface area contributed by atoms with Crippen molar-refractivity contribution in [2.24, 2.45) is 0 Å². The third kappa shape index (κ3) is 5.91. The summed E-state index contributed by atoms with van der Waals surface area (Å²) in [6.07, 6.45) is 0. The van der Waals surface area contributed by atoms with Gasteiger partial charge in [0.05, 0.1) is 5.56 Å². The molecule has 136 valence electrons. The number of nitrogens with one attached hydrogen (secondary N) is 1. The molecule has 0 radical (unpaired) electrons. The monoisotopic (exact) mass is 357 g/mol. The van der Waals surface area contributed by atoms with Crippen molar-refractivity contribution in [2.75, 3.05) is 18.8 Å². The van der Waals surface area contributed by atoms with E-state index in [4.69, 9.17) is 15.6 Å². The highest BCUT2D eigenvalue weighted by molar-refractivity contribution is 5.99. The van der Waals surface area contributed by atoms with Gasteiger partial charge in [-0.15, -0.1) is 0 Å². The van der Waals surface area contributed by atoms with E-state index in [9.17, 15) is 14.4 Å². The van der Waals surface area contributed by atoms with Gasteiger partial charge >= 0.3 is 11.9 Å². The number of carboxylic acid groups (broad SMARTS) is 1. The number of nitrogens with two attached hydrogens (primary N) is 1. The van der Waals surface area contributed by atoms with Crippen LogP contribution in [0.25, 0.3) is 0 Å². The molecule has 0 atom stereocenters. The summed E-state index contributed by atoms with van der Waals surface area (Å²) in [6, 6.07) is 15.4. The number of para-hydroxylation sites is 1. The van der Waals surface area contributed by atoms with Crippen molar-refractivity contribution in [3.63, 3.8) is 0 Å². The molecule has 0 unspecified atom stereocenters. The summed E-state index contributed by atoms with van der Waals surface area (Å²) in [5.41, 5.74) is 9.31. The summed E-state index contributed by atoms with van der Waals surface area (Å²) >= 11 is 0. The zero-order valence-corrected chi connectivity index (χ0v) is 13.9. The lowest BCUT2D eigenvalue weighted by Crippen LogP contribution is -2.48. The molecule has 8 heteroatoms. The van der Waals surface area contributed by atoms with E-state index in [0.29, 0.717) is 0 Å². The maximum Gasteiger partial charge on any atom is 0.322 e. The number of hydrogen-bond donors (Lipinski definition) is 3. The van der Waals surface area contributed by atoms with Crippen molar-refractivity contribution in [3.8, 4) is 0 Å². The number of hydrazine groups is 1. The van der Waals surface area contributed by atoms with Crippen LogP contribution in [0.3, 0.4) is 0 Å². The molecule has 0 fully saturated rings. The van der Waals surface area contributed by atoms with Crippen LogP contribution >= 0.6 is 0 Å². The highest BCUT2D eigenvalue weighted by atomic mass is 16.5. The minimum Gasteiger partial charge on any atom is -0.480 e. The molecule has 0 saturated carbocycles. The van der Waals surface area contributed by atoms with E-state index in [-0.39, 0.29) is 17.9 Å². The van der Waals surface area contributed by atoms with Crippen LogP contribution in [0.5, 0.6) is 0 Å². The zero-order chi connectivity index (χ0) is 18.9. The highest BCUT2D eigenvalue weighted by Gasteiger charge is 2.19. The molecular weight excluding hydrogens is 338 g/mol. The fraction of sp³-hybridized carbons (Fsp3) is 0.167. The Labute approximate surface area is 150 Å². The largest absolute Gasteiger partial charge is 0.480 e. The highest BCUT2D eigenvalue weighted by Crippen LogP contribution is 2.10. The number of anilines is 1. The van der Waals surface area contributed by atoms with E-state index >= 15 is 0 Å². The summed E-state index contributed by atoms with van der Waals surface area (Å²) in [5, 5.41) is 9.94. The summed E-state index contributed by atoms with van der Waals surface area (Å²) in [7, 11) is 0. The van der Waals surface area contributed by atoms with Gasteiger partial charge in [0, 0.05) is 5.69 Å². The Bertz CT molecular complexity index is 779. The first-order chi connectivity index (χ1) is 12.5. The molecule has 8 nitrogen and oxygen atoms in total. The lowest BCUT2D eigenvalue weighted by atomic mass is 10.2. The third-order valence-corrected chi connectivity index (χ3v) is 3.35. The van der Waals surface area contributed by atoms with Gasteiger partial charge in [-0.1, -0.05) is 42.5 Å². The van der Waals surface area contributed by atoms with Crippen molar-refractivity contribution in [1.29, 1.82) is 0 Å². The van der Waals surface area contributed by atoms with Crippen molar-refractivity contribution in [3.05, 3.63) is 65.7 Å². The van der Waals surface area contributed by atoms with Gasteiger partial charge in [-0.3, -0.25) is 19.8 Å². The second-order valence-electron chi connectivity index (χ2n) is 5.42. The molecule has 0 saturated heterocycles. The van der Waals surface area contributed by atoms with Gasteiger partial charge in [-0.25, -0.2) is 0 Å². The number of esters is 1. The van der Waals surface area contributed by atoms with Gasteiger partial charge in [0.2, 0.25) is 0 Å². The van der Waals surface area contributed by atoms with Gasteiger partial charge in [0.15, 0.2) is 0 Å². The standard InChI is InChI=1S/C18H19N3O5/c19-15-9-5-4-8-14(15)18(25)20-21(10-16(22)23)11-17(24)26-12-13-6-2-1-3-7-13/h1-9H,10-12,19H2,(H,20,25)(H,22,23). The minimum atomic E-state index is -1.21. The SMILES string of the molecule is Nc1ccccc1C(=O)NN(CC(=O)O)CC(=O)OCc1ccccc1. The minimum absolute atomic E-state index is 0.0557. The summed E-state index contributed by atoms with van der Waals surface area (Å²) in [6.45, 7) is -0.934. The molecule has 0 aliphatic rings. The quantitative estimate of drug-likeness (QED) is 0.366. The Hall–Kier alpha value is -3.39. The summed E-state index contributed by atoms with van der Waals surface area (Å²) < 4.78 is 5.10. The second-order valence-corrected chi connectivity index (χ2v) is 5.42. The van der Waals surface area contributed by atoms with E-state index in [2.05, 4.69) is 5.43 Å². The molecule has 0 aliphatic carbocycles. The Morgan fingerprint density at radius 1 is 1.00 bits per heavy atom. The molecule has 2 rings (SSSR count). The van der Waals surface area contributed by atoms with Crippen LogP contribution < -0.4 is 11.2 Å². The average Bonchev–Trinajstić information content (AvgIpc) is 2.60. The fourth-order valence-electron chi connectivity index (χ4n) is 2.15. The van der Waals surface area contributed by atoms with Crippen LogP contribution in [0, 0.1) is 0 Å². The van der Waals surface area contributed by atoms with Crippen LogP contribution in [0.2, 0.25) is 0 Å². The van der Waals surface area contributed by atoms with E-state index in [1.807, 2.05) is 18.2 Å². The number of carbonyl (C=O) groups excluding carboxylic acids is 2. The van der Waals surface area contributed by atoms with Crippen LogP contribution in [0.4, 0.5) is 5.69 Å². The Balaban J connectivity index is 1.95. The topological polar surface area (TPSA) is 122 Å². The first-order valence-electron chi connectivity index (χ1n) is 7.77. The first kappa shape index (κ1) is 18.9. The molecule has 1 amide bonds. The van der Waals surface area contributed by atoms with Gasteiger partial charge in [-0.2, -0.15) is 5.01 Å². The zero-order valence-electron chi connectivity index (χ0n) is 13.9. The number of nitrogen functional groups attached to an aromatic ring is 1. The number of aliphatic carboxylic acids is 1. The number of amides is 1. The van der Waals surface area contributed by atoms with Gasteiger partial charge < -0.3 is 15.6 Å². The molecule has 0 bridgehead atoms. The number of hydrogen-bond acceptors (Lipinski definition) is 6.